The van der Waals surface area contributed by atoms with Crippen molar-refractivity contribution in [2.24, 2.45) is 0 Å². The van der Waals surface area contributed by atoms with Crippen LogP contribution in [0.3, 0.4) is 0 Å². The third kappa shape index (κ3) is 4.29. The number of sulfone groups is 1. The normalized spacial score (nSPS) is 23.8. The summed E-state index contributed by atoms with van der Waals surface area (Å²) in [6.45, 7) is 0. The molecule has 1 heterocycles. The summed E-state index contributed by atoms with van der Waals surface area (Å²) in [6, 6.07) is 0.563. The average Bonchev–Trinajstić information content (AvgIpc) is 2.37. The fraction of sp³-hybridized carbons (Fsp3) is 0.667. The second-order valence-corrected chi connectivity index (χ2v) is 7.55. The highest BCUT2D eigenvalue weighted by Crippen LogP contribution is 2.29. The summed E-state index contributed by atoms with van der Waals surface area (Å²) in [5, 5.41) is 2.35. The fourth-order valence-corrected chi connectivity index (χ4v) is 3.61. The summed E-state index contributed by atoms with van der Waals surface area (Å²) >= 11 is 0. The van der Waals surface area contributed by atoms with Gasteiger partial charge in [0.15, 0.2) is 0 Å². The molecule has 0 spiro atoms. The van der Waals surface area contributed by atoms with Crippen LogP contribution >= 0.6 is 0 Å². The van der Waals surface area contributed by atoms with Crippen LogP contribution in [0.15, 0.2) is 12.3 Å². The number of hydrogen-bond acceptors (Lipinski definition) is 5. The van der Waals surface area contributed by atoms with Gasteiger partial charge in [-0.2, -0.15) is 13.2 Å². The Morgan fingerprint density at radius 3 is 2.67 bits per heavy atom. The van der Waals surface area contributed by atoms with Gasteiger partial charge < -0.3 is 5.32 Å². The Kier molecular flexibility index (Phi) is 4.40. The highest BCUT2D eigenvalue weighted by molar-refractivity contribution is 7.91. The first-order valence-electron chi connectivity index (χ1n) is 6.52. The smallest absolute Gasteiger partial charge is 0.351 e. The summed E-state index contributed by atoms with van der Waals surface area (Å²) < 4.78 is 60.8. The van der Waals surface area contributed by atoms with E-state index < -0.39 is 27.0 Å². The maximum atomic E-state index is 12.6. The first kappa shape index (κ1) is 16.0. The predicted octanol–water partition coefficient (Wildman–Crippen LogP) is 2.26. The third-order valence-corrected chi connectivity index (χ3v) is 5.15. The van der Waals surface area contributed by atoms with Crippen molar-refractivity contribution in [1.29, 1.82) is 0 Å². The maximum absolute atomic E-state index is 12.6. The molecule has 1 aromatic rings. The standard InChI is InChI=1S/C12H16F3N3O2S/c1-21(19,20)9-4-2-3-8(7-9)17-11-16-6-5-10(18-11)12(13,14)15/h5-6,8-9H,2-4,7H2,1H3,(H,16,17,18)/t8-,9+/m0/s1. The van der Waals surface area contributed by atoms with E-state index in [1.165, 1.54) is 6.26 Å². The molecule has 1 saturated carbocycles. The molecule has 5 nitrogen and oxygen atoms in total. The van der Waals surface area contributed by atoms with E-state index in [9.17, 15) is 21.6 Å². The van der Waals surface area contributed by atoms with Crippen LogP contribution < -0.4 is 5.32 Å². The molecule has 2 atom stereocenters. The Balaban J connectivity index is 2.08. The molecule has 1 fully saturated rings. The van der Waals surface area contributed by atoms with E-state index in [0.29, 0.717) is 25.7 Å². The fourth-order valence-electron chi connectivity index (χ4n) is 2.43. The van der Waals surface area contributed by atoms with Crippen molar-refractivity contribution in [3.05, 3.63) is 18.0 Å². The van der Waals surface area contributed by atoms with Gasteiger partial charge in [0, 0.05) is 18.5 Å². The second kappa shape index (κ2) is 5.78. The molecule has 0 aromatic carbocycles. The highest BCUT2D eigenvalue weighted by Gasteiger charge is 2.33. The number of alkyl halides is 3. The molecule has 9 heteroatoms. The van der Waals surface area contributed by atoms with Crippen LogP contribution in [-0.4, -0.2) is 35.9 Å². The lowest BCUT2D eigenvalue weighted by molar-refractivity contribution is -0.141. The van der Waals surface area contributed by atoms with Crippen molar-refractivity contribution in [2.75, 3.05) is 11.6 Å². The molecule has 1 aromatic heterocycles. The molecule has 2 rings (SSSR count). The summed E-state index contributed by atoms with van der Waals surface area (Å²) in [5.74, 6) is -0.121. The molecule has 0 unspecified atom stereocenters. The molecule has 118 valence electrons. The van der Waals surface area contributed by atoms with Crippen LogP contribution in [0.2, 0.25) is 0 Å². The number of nitrogens with zero attached hydrogens (tertiary/aromatic N) is 2. The molecular formula is C12H16F3N3O2S. The van der Waals surface area contributed by atoms with E-state index in [4.69, 9.17) is 0 Å². The van der Waals surface area contributed by atoms with Crippen LogP contribution in [0.1, 0.15) is 31.4 Å². The van der Waals surface area contributed by atoms with Crippen molar-refractivity contribution in [3.63, 3.8) is 0 Å². The molecule has 0 saturated heterocycles. The molecule has 1 aliphatic carbocycles. The SMILES string of the molecule is CS(=O)(=O)[C@@H]1CCC[C@H](Nc2nccc(C(F)(F)F)n2)C1. The molecule has 21 heavy (non-hydrogen) atoms. The highest BCUT2D eigenvalue weighted by atomic mass is 32.2. The molecule has 0 radical (unpaired) electrons. The van der Waals surface area contributed by atoms with Gasteiger partial charge in [-0.25, -0.2) is 18.4 Å². The quantitative estimate of drug-likeness (QED) is 0.924. The number of halogens is 3. The Morgan fingerprint density at radius 1 is 1.33 bits per heavy atom. The Morgan fingerprint density at radius 2 is 2.05 bits per heavy atom. The van der Waals surface area contributed by atoms with Crippen molar-refractivity contribution in [1.82, 2.24) is 9.97 Å². The topological polar surface area (TPSA) is 72.0 Å². The first-order valence-corrected chi connectivity index (χ1v) is 8.47. The van der Waals surface area contributed by atoms with Crippen molar-refractivity contribution >= 4 is 15.8 Å². The minimum Gasteiger partial charge on any atom is -0.351 e. The predicted molar refractivity (Wildman–Crippen MR) is 71.5 cm³/mol. The minimum absolute atomic E-state index is 0.121. The van der Waals surface area contributed by atoms with E-state index >= 15 is 0 Å². The van der Waals surface area contributed by atoms with Gasteiger partial charge in [-0.1, -0.05) is 6.42 Å². The lowest BCUT2D eigenvalue weighted by atomic mass is 9.95. The molecular weight excluding hydrogens is 307 g/mol. The van der Waals surface area contributed by atoms with Gasteiger partial charge in [-0.15, -0.1) is 0 Å². The minimum atomic E-state index is -4.53. The zero-order chi connectivity index (χ0) is 15.7. The van der Waals surface area contributed by atoms with Crippen molar-refractivity contribution < 1.29 is 21.6 Å². The van der Waals surface area contributed by atoms with E-state index in [0.717, 1.165) is 12.3 Å². The first-order chi connectivity index (χ1) is 9.66. The van der Waals surface area contributed by atoms with E-state index in [1.807, 2.05) is 0 Å². The lowest BCUT2D eigenvalue weighted by Gasteiger charge is -2.28. The summed E-state index contributed by atoms with van der Waals surface area (Å²) in [6.07, 6.45) is 0.0238. The van der Waals surface area contributed by atoms with Gasteiger partial charge in [0.05, 0.1) is 5.25 Å². The van der Waals surface area contributed by atoms with Crippen LogP contribution in [-0.2, 0) is 16.0 Å². The van der Waals surface area contributed by atoms with Crippen LogP contribution in [0.5, 0.6) is 0 Å². The van der Waals surface area contributed by atoms with Crippen molar-refractivity contribution in [2.45, 2.75) is 43.2 Å². The molecule has 1 aliphatic rings. The second-order valence-electron chi connectivity index (χ2n) is 5.22. The van der Waals surface area contributed by atoms with Gasteiger partial charge in [-0.3, -0.25) is 0 Å². The number of anilines is 1. The van der Waals surface area contributed by atoms with E-state index in [2.05, 4.69) is 15.3 Å². The molecule has 0 aliphatic heterocycles. The van der Waals surface area contributed by atoms with Crippen LogP contribution in [0.4, 0.5) is 19.1 Å². The maximum Gasteiger partial charge on any atom is 0.433 e. The zero-order valence-electron chi connectivity index (χ0n) is 11.4. The Hall–Kier alpha value is -1.38. The largest absolute Gasteiger partial charge is 0.433 e. The molecule has 0 amide bonds. The van der Waals surface area contributed by atoms with Crippen LogP contribution in [0, 0.1) is 0 Å². The van der Waals surface area contributed by atoms with Crippen LogP contribution in [0.25, 0.3) is 0 Å². The van der Waals surface area contributed by atoms with Gasteiger partial charge in [0.25, 0.3) is 0 Å². The number of nitrogens with one attached hydrogen (secondary N) is 1. The van der Waals surface area contributed by atoms with Gasteiger partial charge in [0.2, 0.25) is 5.95 Å². The zero-order valence-corrected chi connectivity index (χ0v) is 12.2. The average molecular weight is 323 g/mol. The summed E-state index contributed by atoms with van der Waals surface area (Å²) in [4.78, 5) is 7.19. The number of rotatable bonds is 3. The summed E-state index contributed by atoms with van der Waals surface area (Å²) in [7, 11) is -3.14. The van der Waals surface area contributed by atoms with E-state index in [1.54, 1.807) is 0 Å². The lowest BCUT2D eigenvalue weighted by Crippen LogP contribution is -2.34. The Bertz CT molecular complexity index is 604. The summed E-state index contributed by atoms with van der Waals surface area (Å²) in [5.41, 5.74) is -1.02. The molecule has 0 bridgehead atoms. The van der Waals surface area contributed by atoms with Crippen molar-refractivity contribution in [3.8, 4) is 0 Å². The van der Waals surface area contributed by atoms with Gasteiger partial charge in [0.1, 0.15) is 15.5 Å². The molecule has 1 N–H and O–H groups in total. The van der Waals surface area contributed by atoms with Gasteiger partial charge in [-0.05, 0) is 25.3 Å². The van der Waals surface area contributed by atoms with E-state index in [-0.39, 0.29) is 12.0 Å². The Labute approximate surface area is 120 Å². The third-order valence-electron chi connectivity index (χ3n) is 3.51. The monoisotopic (exact) mass is 323 g/mol. The number of hydrogen-bond donors (Lipinski definition) is 1. The van der Waals surface area contributed by atoms with Gasteiger partial charge >= 0.3 is 6.18 Å². The number of aromatic nitrogens is 2.